The van der Waals surface area contributed by atoms with Crippen LogP contribution in [-0.2, 0) is 10.5 Å². The predicted octanol–water partition coefficient (Wildman–Crippen LogP) is 3.42. The smallest absolute Gasteiger partial charge is 0.321 e. The second-order valence-electron chi connectivity index (χ2n) is 4.44. The zero-order valence-corrected chi connectivity index (χ0v) is 12.4. The summed E-state index contributed by atoms with van der Waals surface area (Å²) in [5, 5.41) is 10.1. The Bertz CT molecular complexity index is 452. The molecule has 1 aromatic rings. The maximum atomic E-state index is 10.9. The highest BCUT2D eigenvalue weighted by Gasteiger charge is 2.32. The SMILES string of the molecule is CC(C)(SCc1ccc(Cl)cc1Cl)[C@H](N)C(=O)O. The first-order chi connectivity index (χ1) is 8.24. The monoisotopic (exact) mass is 307 g/mol. The van der Waals surface area contributed by atoms with Crippen LogP contribution in [0, 0.1) is 0 Å². The summed E-state index contributed by atoms with van der Waals surface area (Å²) in [6.07, 6.45) is 0. The van der Waals surface area contributed by atoms with Gasteiger partial charge in [-0.2, -0.15) is 0 Å². The van der Waals surface area contributed by atoms with Gasteiger partial charge in [-0.15, -0.1) is 11.8 Å². The lowest BCUT2D eigenvalue weighted by molar-refractivity contribution is -0.139. The van der Waals surface area contributed by atoms with E-state index in [2.05, 4.69) is 0 Å². The molecular weight excluding hydrogens is 293 g/mol. The Balaban J connectivity index is 2.72. The van der Waals surface area contributed by atoms with Crippen molar-refractivity contribution in [2.24, 2.45) is 5.73 Å². The Morgan fingerprint density at radius 2 is 2.11 bits per heavy atom. The average molecular weight is 308 g/mol. The molecule has 0 aliphatic heterocycles. The summed E-state index contributed by atoms with van der Waals surface area (Å²) in [5.41, 5.74) is 6.56. The fourth-order valence-corrected chi connectivity index (χ4v) is 2.90. The number of rotatable bonds is 5. The zero-order valence-electron chi connectivity index (χ0n) is 10.1. The van der Waals surface area contributed by atoms with E-state index >= 15 is 0 Å². The molecule has 0 saturated carbocycles. The number of carboxylic acids is 1. The summed E-state index contributed by atoms with van der Waals surface area (Å²) >= 11 is 13.3. The Labute approximate surface area is 121 Å². The van der Waals surface area contributed by atoms with Gasteiger partial charge in [-0.3, -0.25) is 4.79 Å². The van der Waals surface area contributed by atoms with Gasteiger partial charge in [0.2, 0.25) is 0 Å². The zero-order chi connectivity index (χ0) is 13.9. The van der Waals surface area contributed by atoms with Gasteiger partial charge in [0.15, 0.2) is 0 Å². The van der Waals surface area contributed by atoms with E-state index < -0.39 is 16.8 Å². The molecular formula is C12H15Cl2NO2S. The van der Waals surface area contributed by atoms with Gasteiger partial charge in [-0.1, -0.05) is 29.3 Å². The van der Waals surface area contributed by atoms with E-state index in [0.29, 0.717) is 15.8 Å². The minimum atomic E-state index is -1.00. The molecule has 0 fully saturated rings. The molecule has 6 heteroatoms. The van der Waals surface area contributed by atoms with Gasteiger partial charge in [0.1, 0.15) is 6.04 Å². The Kier molecular flexibility index (Phi) is 5.34. The molecule has 0 aromatic heterocycles. The maximum absolute atomic E-state index is 10.9. The summed E-state index contributed by atoms with van der Waals surface area (Å²) in [6, 6.07) is 4.34. The first kappa shape index (κ1) is 15.6. The van der Waals surface area contributed by atoms with Crippen LogP contribution >= 0.6 is 35.0 Å². The van der Waals surface area contributed by atoms with Gasteiger partial charge in [0.25, 0.3) is 0 Å². The highest BCUT2D eigenvalue weighted by Crippen LogP contribution is 2.33. The molecule has 0 saturated heterocycles. The molecule has 0 spiro atoms. The minimum absolute atomic E-state index is 0.575. The van der Waals surface area contributed by atoms with Crippen LogP contribution < -0.4 is 5.73 Å². The molecule has 1 atom stereocenters. The van der Waals surface area contributed by atoms with E-state index in [9.17, 15) is 4.79 Å². The molecule has 18 heavy (non-hydrogen) atoms. The molecule has 0 heterocycles. The quantitative estimate of drug-likeness (QED) is 0.875. The Hall–Kier alpha value is -0.420. The van der Waals surface area contributed by atoms with Crippen molar-refractivity contribution in [1.82, 2.24) is 0 Å². The van der Waals surface area contributed by atoms with E-state index in [1.54, 1.807) is 26.0 Å². The lowest BCUT2D eigenvalue weighted by Crippen LogP contribution is -2.46. The summed E-state index contributed by atoms with van der Waals surface area (Å²) in [6.45, 7) is 3.61. The summed E-state index contributed by atoms with van der Waals surface area (Å²) < 4.78 is -0.575. The number of aliphatic carboxylic acids is 1. The van der Waals surface area contributed by atoms with Crippen molar-refractivity contribution in [3.63, 3.8) is 0 Å². The predicted molar refractivity (Wildman–Crippen MR) is 77.4 cm³/mol. The second kappa shape index (κ2) is 6.15. The minimum Gasteiger partial charge on any atom is -0.480 e. The molecule has 0 aliphatic carbocycles. The van der Waals surface area contributed by atoms with Crippen molar-refractivity contribution < 1.29 is 9.90 Å². The van der Waals surface area contributed by atoms with Crippen LogP contribution in [0.5, 0.6) is 0 Å². The van der Waals surface area contributed by atoms with Crippen molar-refractivity contribution in [2.75, 3.05) is 0 Å². The van der Waals surface area contributed by atoms with Crippen molar-refractivity contribution in [3.8, 4) is 0 Å². The number of carbonyl (C=O) groups is 1. The van der Waals surface area contributed by atoms with E-state index in [0.717, 1.165) is 5.56 Å². The molecule has 1 rings (SSSR count). The largest absolute Gasteiger partial charge is 0.480 e. The molecule has 0 radical (unpaired) electrons. The molecule has 3 N–H and O–H groups in total. The van der Waals surface area contributed by atoms with Gasteiger partial charge in [0, 0.05) is 20.5 Å². The molecule has 1 aromatic carbocycles. The summed E-state index contributed by atoms with van der Waals surface area (Å²) in [7, 11) is 0. The third-order valence-electron chi connectivity index (χ3n) is 2.63. The molecule has 3 nitrogen and oxygen atoms in total. The molecule has 0 bridgehead atoms. The van der Waals surface area contributed by atoms with Crippen molar-refractivity contribution >= 4 is 40.9 Å². The van der Waals surface area contributed by atoms with Gasteiger partial charge in [-0.05, 0) is 31.5 Å². The first-order valence-corrected chi connectivity index (χ1v) is 7.04. The van der Waals surface area contributed by atoms with Crippen LogP contribution in [0.4, 0.5) is 0 Å². The number of carboxylic acid groups (broad SMARTS) is 1. The van der Waals surface area contributed by atoms with Crippen LogP contribution in [-0.4, -0.2) is 21.9 Å². The van der Waals surface area contributed by atoms with Gasteiger partial charge >= 0.3 is 5.97 Å². The fraction of sp³-hybridized carbons (Fsp3) is 0.417. The lowest BCUT2D eigenvalue weighted by atomic mass is 10.1. The molecule has 100 valence electrons. The number of benzene rings is 1. The summed E-state index contributed by atoms with van der Waals surface area (Å²) in [4.78, 5) is 10.9. The number of nitrogens with two attached hydrogens (primary N) is 1. The van der Waals surface area contributed by atoms with Gasteiger partial charge < -0.3 is 10.8 Å². The fourth-order valence-electron chi connectivity index (χ4n) is 1.29. The third kappa shape index (κ3) is 4.05. The van der Waals surface area contributed by atoms with E-state index in [4.69, 9.17) is 34.0 Å². The van der Waals surface area contributed by atoms with E-state index in [1.807, 2.05) is 6.07 Å². The Morgan fingerprint density at radius 3 is 2.61 bits per heavy atom. The highest BCUT2D eigenvalue weighted by atomic mass is 35.5. The number of thioether (sulfide) groups is 1. The van der Waals surface area contributed by atoms with Crippen LogP contribution in [0.3, 0.4) is 0 Å². The van der Waals surface area contributed by atoms with Crippen LogP contribution in [0.25, 0.3) is 0 Å². The Morgan fingerprint density at radius 1 is 1.50 bits per heavy atom. The molecule has 0 aliphatic rings. The number of hydrogen-bond acceptors (Lipinski definition) is 3. The normalized spacial score (nSPS) is 13.4. The summed E-state index contributed by atoms with van der Waals surface area (Å²) in [5.74, 6) is -0.418. The maximum Gasteiger partial charge on any atom is 0.321 e. The van der Waals surface area contributed by atoms with Crippen molar-refractivity contribution in [2.45, 2.75) is 30.4 Å². The van der Waals surface area contributed by atoms with Gasteiger partial charge in [0.05, 0.1) is 0 Å². The highest BCUT2D eigenvalue weighted by molar-refractivity contribution is 7.99. The average Bonchev–Trinajstić information content (AvgIpc) is 2.26. The molecule has 0 amide bonds. The number of hydrogen-bond donors (Lipinski definition) is 2. The number of halogens is 2. The first-order valence-electron chi connectivity index (χ1n) is 5.30. The third-order valence-corrected chi connectivity index (χ3v) is 4.67. The van der Waals surface area contributed by atoms with Crippen LogP contribution in [0.15, 0.2) is 18.2 Å². The lowest BCUT2D eigenvalue weighted by Gasteiger charge is -2.28. The topological polar surface area (TPSA) is 63.3 Å². The van der Waals surface area contributed by atoms with E-state index in [-0.39, 0.29) is 0 Å². The second-order valence-corrected chi connectivity index (χ2v) is 6.92. The van der Waals surface area contributed by atoms with E-state index in [1.165, 1.54) is 11.8 Å². The van der Waals surface area contributed by atoms with Crippen molar-refractivity contribution in [3.05, 3.63) is 33.8 Å². The van der Waals surface area contributed by atoms with Gasteiger partial charge in [-0.25, -0.2) is 0 Å². The molecule has 0 unspecified atom stereocenters. The van der Waals surface area contributed by atoms with Crippen LogP contribution in [0.2, 0.25) is 10.0 Å². The van der Waals surface area contributed by atoms with Crippen molar-refractivity contribution in [1.29, 1.82) is 0 Å². The van der Waals surface area contributed by atoms with Crippen LogP contribution in [0.1, 0.15) is 19.4 Å². The standard InChI is InChI=1S/C12H15Cl2NO2S/c1-12(2,10(15)11(16)17)18-6-7-3-4-8(13)5-9(7)14/h3-5,10H,6,15H2,1-2H3,(H,16,17)/t10-/m1/s1.